The first-order valence-electron chi connectivity index (χ1n) is 5.65. The number of rotatable bonds is 3. The van der Waals surface area contributed by atoms with Crippen molar-refractivity contribution >= 4 is 43.0 Å². The Hall–Kier alpha value is -0.850. The number of aryl methyl sites for hydroxylation is 3. The van der Waals surface area contributed by atoms with Gasteiger partial charge in [0, 0.05) is 0 Å². The molecule has 2 rings (SSSR count). The first-order valence-corrected chi connectivity index (χ1v) is 8.75. The predicted octanol–water partition coefficient (Wildman–Crippen LogP) is 4.24. The lowest BCUT2D eigenvalue weighted by molar-refractivity contribution is 0.603. The number of anilines is 1. The Balaban J connectivity index is 2.36. The molecule has 0 bridgehead atoms. The highest BCUT2D eigenvalue weighted by Crippen LogP contribution is 2.32. The summed E-state index contributed by atoms with van der Waals surface area (Å²) < 4.78 is 28.4. The zero-order valence-corrected chi connectivity index (χ0v) is 14.0. The number of hydrogen-bond acceptors (Lipinski definition) is 3. The van der Waals surface area contributed by atoms with Gasteiger partial charge in [-0.2, -0.15) is 0 Å². The molecule has 1 N–H and O–H groups in total. The maximum absolute atomic E-state index is 12.3. The van der Waals surface area contributed by atoms with E-state index in [-0.39, 0.29) is 0 Å². The van der Waals surface area contributed by atoms with Crippen molar-refractivity contribution in [2.24, 2.45) is 0 Å². The lowest BCUT2D eigenvalue weighted by atomic mass is 10.1. The van der Waals surface area contributed by atoms with Crippen molar-refractivity contribution in [1.82, 2.24) is 0 Å². The molecule has 1 aromatic heterocycles. The monoisotopic (exact) mass is 359 g/mol. The van der Waals surface area contributed by atoms with Gasteiger partial charge < -0.3 is 0 Å². The summed E-state index contributed by atoms with van der Waals surface area (Å²) in [6.07, 6.45) is 0. The van der Waals surface area contributed by atoms with Crippen LogP contribution in [0.5, 0.6) is 0 Å². The third kappa shape index (κ3) is 3.19. The van der Waals surface area contributed by atoms with Gasteiger partial charge in [0.25, 0.3) is 10.0 Å². The third-order valence-electron chi connectivity index (χ3n) is 2.73. The summed E-state index contributed by atoms with van der Waals surface area (Å²) in [7, 11) is -3.51. The second-order valence-electron chi connectivity index (χ2n) is 4.45. The molecule has 0 radical (unpaired) electrons. The van der Waals surface area contributed by atoms with Crippen LogP contribution in [0.2, 0.25) is 0 Å². The first kappa shape index (κ1) is 14.6. The summed E-state index contributed by atoms with van der Waals surface area (Å²) in [5.74, 6) is 0. The van der Waals surface area contributed by atoms with E-state index in [1.165, 1.54) is 11.3 Å². The number of thiophene rings is 1. The third-order valence-corrected chi connectivity index (χ3v) is 6.70. The molecule has 1 heterocycles. The van der Waals surface area contributed by atoms with E-state index in [9.17, 15) is 8.42 Å². The fraction of sp³-hybridized carbons (Fsp3) is 0.231. The zero-order chi connectivity index (χ0) is 14.2. The Morgan fingerprint density at radius 3 is 2.32 bits per heavy atom. The number of hydrogen-bond donors (Lipinski definition) is 1. The molecular weight excluding hydrogens is 346 g/mol. The van der Waals surface area contributed by atoms with E-state index in [0.717, 1.165) is 20.5 Å². The normalized spacial score (nSPS) is 11.6. The van der Waals surface area contributed by atoms with Crippen LogP contribution in [0.3, 0.4) is 0 Å². The average Bonchev–Trinajstić information content (AvgIpc) is 2.64. The summed E-state index contributed by atoms with van der Waals surface area (Å²) in [6.45, 7) is 5.74. The largest absolute Gasteiger partial charge is 0.279 e. The van der Waals surface area contributed by atoms with Crippen LogP contribution in [0.15, 0.2) is 32.3 Å². The second-order valence-corrected chi connectivity index (χ2v) is 8.73. The van der Waals surface area contributed by atoms with E-state index in [2.05, 4.69) is 20.7 Å². The molecule has 6 heteroatoms. The molecule has 0 fully saturated rings. The Labute approximate surface area is 125 Å². The molecule has 0 spiro atoms. The van der Waals surface area contributed by atoms with E-state index in [1.807, 2.05) is 32.9 Å². The first-order chi connectivity index (χ1) is 8.79. The summed E-state index contributed by atoms with van der Waals surface area (Å²) in [5.41, 5.74) is 3.56. The number of benzene rings is 1. The van der Waals surface area contributed by atoms with Gasteiger partial charge in [-0.3, -0.25) is 4.72 Å². The fourth-order valence-corrected chi connectivity index (χ4v) is 5.04. The quantitative estimate of drug-likeness (QED) is 0.890. The topological polar surface area (TPSA) is 46.2 Å². The summed E-state index contributed by atoms with van der Waals surface area (Å²) in [6, 6.07) is 7.30. The maximum atomic E-state index is 12.3. The molecule has 0 aliphatic heterocycles. The van der Waals surface area contributed by atoms with Crippen LogP contribution in [0.1, 0.15) is 16.7 Å². The molecule has 0 saturated heterocycles. The van der Waals surface area contributed by atoms with Gasteiger partial charge in [-0.25, -0.2) is 8.42 Å². The summed E-state index contributed by atoms with van der Waals surface area (Å²) >= 11 is 4.56. The Kier molecular flexibility index (Phi) is 4.03. The molecule has 102 valence electrons. The lowest BCUT2D eigenvalue weighted by Gasteiger charge is -2.09. The Bertz CT molecular complexity index is 701. The zero-order valence-electron chi connectivity index (χ0n) is 10.8. The smallest absolute Gasteiger partial charge is 0.271 e. The van der Waals surface area contributed by atoms with Gasteiger partial charge in [-0.05, 0) is 60.0 Å². The predicted molar refractivity (Wildman–Crippen MR) is 83.5 cm³/mol. The minimum absolute atomic E-state index is 0.317. The van der Waals surface area contributed by atoms with Crippen LogP contribution >= 0.6 is 27.3 Å². The average molecular weight is 360 g/mol. The molecule has 2 aromatic rings. The van der Waals surface area contributed by atoms with Crippen LogP contribution in [0.4, 0.5) is 5.69 Å². The molecule has 0 saturated carbocycles. The minimum atomic E-state index is -3.51. The Morgan fingerprint density at radius 2 is 1.79 bits per heavy atom. The van der Waals surface area contributed by atoms with Crippen molar-refractivity contribution in [2.45, 2.75) is 25.0 Å². The van der Waals surface area contributed by atoms with Gasteiger partial charge in [0.2, 0.25) is 0 Å². The van der Waals surface area contributed by atoms with Crippen LogP contribution in [0.25, 0.3) is 0 Å². The van der Waals surface area contributed by atoms with Crippen molar-refractivity contribution in [1.29, 1.82) is 0 Å². The molecule has 0 aliphatic rings. The van der Waals surface area contributed by atoms with E-state index in [1.54, 1.807) is 12.1 Å². The molecule has 19 heavy (non-hydrogen) atoms. The van der Waals surface area contributed by atoms with Crippen molar-refractivity contribution < 1.29 is 8.42 Å². The Morgan fingerprint density at radius 1 is 1.11 bits per heavy atom. The van der Waals surface area contributed by atoms with Crippen LogP contribution in [-0.2, 0) is 10.0 Å². The van der Waals surface area contributed by atoms with Gasteiger partial charge in [0.1, 0.15) is 4.21 Å². The highest BCUT2D eigenvalue weighted by atomic mass is 79.9. The maximum Gasteiger partial charge on any atom is 0.271 e. The highest BCUT2D eigenvalue weighted by Gasteiger charge is 2.19. The number of nitrogens with one attached hydrogen (secondary N) is 1. The van der Waals surface area contributed by atoms with Gasteiger partial charge in [-0.1, -0.05) is 17.7 Å². The van der Waals surface area contributed by atoms with E-state index in [4.69, 9.17) is 0 Å². The number of sulfonamides is 1. The SMILES string of the molecule is Cc1ccc(NS(=O)(=O)c2cc(C)c(Br)s2)c(C)c1. The van der Waals surface area contributed by atoms with Gasteiger partial charge >= 0.3 is 0 Å². The molecule has 0 atom stereocenters. The molecule has 3 nitrogen and oxygen atoms in total. The fourth-order valence-electron chi connectivity index (χ4n) is 1.69. The molecule has 0 amide bonds. The van der Waals surface area contributed by atoms with Crippen LogP contribution < -0.4 is 4.72 Å². The highest BCUT2D eigenvalue weighted by molar-refractivity contribution is 9.11. The molecular formula is C13H14BrNO2S2. The van der Waals surface area contributed by atoms with Crippen LogP contribution in [-0.4, -0.2) is 8.42 Å². The standard InChI is InChI=1S/C13H14BrNO2S2/c1-8-4-5-11(9(2)6-8)15-19(16,17)12-7-10(3)13(14)18-12/h4-7,15H,1-3H3. The summed E-state index contributed by atoms with van der Waals surface area (Å²) in [5, 5.41) is 0. The van der Waals surface area contributed by atoms with Gasteiger partial charge in [-0.15, -0.1) is 11.3 Å². The molecule has 0 unspecified atom stereocenters. The van der Waals surface area contributed by atoms with Gasteiger partial charge in [0.15, 0.2) is 0 Å². The summed E-state index contributed by atoms with van der Waals surface area (Å²) in [4.78, 5) is 0. The van der Waals surface area contributed by atoms with Crippen LogP contribution in [0, 0.1) is 20.8 Å². The van der Waals surface area contributed by atoms with E-state index >= 15 is 0 Å². The van der Waals surface area contributed by atoms with E-state index < -0.39 is 10.0 Å². The minimum Gasteiger partial charge on any atom is -0.279 e. The second kappa shape index (κ2) is 5.26. The van der Waals surface area contributed by atoms with Crippen molar-refractivity contribution in [3.8, 4) is 0 Å². The van der Waals surface area contributed by atoms with E-state index in [0.29, 0.717) is 9.90 Å². The molecule has 0 aliphatic carbocycles. The van der Waals surface area contributed by atoms with Crippen molar-refractivity contribution in [3.63, 3.8) is 0 Å². The number of halogens is 1. The molecule has 1 aromatic carbocycles. The van der Waals surface area contributed by atoms with Crippen molar-refractivity contribution in [2.75, 3.05) is 4.72 Å². The van der Waals surface area contributed by atoms with Gasteiger partial charge in [0.05, 0.1) is 9.47 Å². The lowest BCUT2D eigenvalue weighted by Crippen LogP contribution is -2.12. The van der Waals surface area contributed by atoms with Crippen molar-refractivity contribution in [3.05, 3.63) is 44.7 Å².